The Balaban J connectivity index is 2.81. The molecular weight excluding hydrogens is 525 g/mol. The molecule has 0 saturated carbocycles. The summed E-state index contributed by atoms with van der Waals surface area (Å²) in [5.41, 5.74) is -7.93. The van der Waals surface area contributed by atoms with Gasteiger partial charge in [-0.3, -0.25) is 9.36 Å². The zero-order valence-corrected chi connectivity index (χ0v) is 16.2. The molecule has 2 rings (SSSR count). The molecular formula is C15H6BrClF9N3O. The molecule has 1 N–H and O–H groups in total. The van der Waals surface area contributed by atoms with Gasteiger partial charge in [-0.1, -0.05) is 18.2 Å². The van der Waals surface area contributed by atoms with Gasteiger partial charge in [0.2, 0.25) is 5.95 Å². The van der Waals surface area contributed by atoms with Crippen molar-refractivity contribution < 1.29 is 39.5 Å². The van der Waals surface area contributed by atoms with Crippen molar-refractivity contribution in [3.63, 3.8) is 0 Å². The average molecular weight is 531 g/mol. The summed E-state index contributed by atoms with van der Waals surface area (Å²) in [4.78, 5) is 15.2. The SMILES string of the molecule is C=Cn1c(Nc2cc(C(F)(F)F)cc(C(F)(F)F)c2Cl)nc(C(F)(F)F)c(Br)c1=O. The van der Waals surface area contributed by atoms with E-state index in [9.17, 15) is 44.3 Å². The van der Waals surface area contributed by atoms with E-state index in [-0.39, 0.29) is 12.1 Å². The molecule has 164 valence electrons. The second-order valence-corrected chi connectivity index (χ2v) is 6.63. The minimum Gasteiger partial charge on any atom is -0.324 e. The fourth-order valence-corrected chi connectivity index (χ4v) is 2.93. The van der Waals surface area contributed by atoms with E-state index in [1.54, 1.807) is 0 Å². The zero-order valence-electron chi connectivity index (χ0n) is 13.9. The molecule has 30 heavy (non-hydrogen) atoms. The Morgan fingerprint density at radius 3 is 2.03 bits per heavy atom. The molecule has 0 saturated heterocycles. The fraction of sp³-hybridized carbons (Fsp3) is 0.200. The minimum atomic E-state index is -5.32. The molecule has 0 spiro atoms. The zero-order chi connectivity index (χ0) is 23.2. The average Bonchev–Trinajstić information content (AvgIpc) is 2.56. The Morgan fingerprint density at radius 2 is 1.60 bits per heavy atom. The molecule has 0 atom stereocenters. The van der Waals surface area contributed by atoms with Crippen LogP contribution in [0.3, 0.4) is 0 Å². The summed E-state index contributed by atoms with van der Waals surface area (Å²) >= 11 is 7.94. The van der Waals surface area contributed by atoms with Gasteiger partial charge in [-0.25, -0.2) is 4.98 Å². The minimum absolute atomic E-state index is 0.131. The van der Waals surface area contributed by atoms with Crippen LogP contribution in [0.15, 0.2) is 28.0 Å². The molecule has 1 aromatic heterocycles. The van der Waals surface area contributed by atoms with E-state index in [0.717, 1.165) is 0 Å². The van der Waals surface area contributed by atoms with Crippen LogP contribution in [0.2, 0.25) is 5.02 Å². The number of anilines is 2. The summed E-state index contributed by atoms with van der Waals surface area (Å²) in [6.45, 7) is 3.15. The lowest BCUT2D eigenvalue weighted by molar-refractivity contribution is -0.143. The van der Waals surface area contributed by atoms with E-state index >= 15 is 0 Å². The van der Waals surface area contributed by atoms with Gasteiger partial charge >= 0.3 is 18.5 Å². The molecule has 0 amide bonds. The van der Waals surface area contributed by atoms with E-state index < -0.39 is 62.0 Å². The van der Waals surface area contributed by atoms with Crippen LogP contribution in [-0.4, -0.2) is 9.55 Å². The Labute approximate surface area is 174 Å². The number of nitrogens with zero attached hydrogens (tertiary/aromatic N) is 2. The van der Waals surface area contributed by atoms with Crippen molar-refractivity contribution in [2.45, 2.75) is 18.5 Å². The summed E-state index contributed by atoms with van der Waals surface area (Å²) in [5.74, 6) is -1.07. The maximum atomic E-state index is 13.1. The van der Waals surface area contributed by atoms with Crippen molar-refractivity contribution in [1.29, 1.82) is 0 Å². The van der Waals surface area contributed by atoms with E-state index in [1.165, 1.54) is 0 Å². The highest BCUT2D eigenvalue weighted by Gasteiger charge is 2.40. The third-order valence-electron chi connectivity index (χ3n) is 3.46. The summed E-state index contributed by atoms with van der Waals surface area (Å²) in [5, 5.41) is 0.544. The van der Waals surface area contributed by atoms with Crippen LogP contribution >= 0.6 is 27.5 Å². The maximum absolute atomic E-state index is 13.1. The van der Waals surface area contributed by atoms with Crippen LogP contribution in [-0.2, 0) is 18.5 Å². The van der Waals surface area contributed by atoms with Gasteiger partial charge in [-0.05, 0) is 28.1 Å². The summed E-state index contributed by atoms with van der Waals surface area (Å²) in [6, 6.07) is -0.128. The monoisotopic (exact) mass is 529 g/mol. The lowest BCUT2D eigenvalue weighted by atomic mass is 10.1. The Hall–Kier alpha value is -2.22. The summed E-state index contributed by atoms with van der Waals surface area (Å²) < 4.78 is 117. The largest absolute Gasteiger partial charge is 0.434 e. The Bertz CT molecular complexity index is 1060. The number of aromatic nitrogens is 2. The molecule has 0 unspecified atom stereocenters. The number of benzene rings is 1. The van der Waals surface area contributed by atoms with Crippen molar-refractivity contribution in [3.05, 3.63) is 55.4 Å². The van der Waals surface area contributed by atoms with E-state index in [2.05, 4.69) is 27.5 Å². The normalized spacial score (nSPS) is 12.8. The number of nitrogens with one attached hydrogen (secondary N) is 1. The first-order chi connectivity index (χ1) is 13.5. The van der Waals surface area contributed by atoms with E-state index in [4.69, 9.17) is 11.6 Å². The third-order valence-corrected chi connectivity index (χ3v) is 4.59. The number of hydrogen-bond donors (Lipinski definition) is 1. The molecule has 0 fully saturated rings. The van der Waals surface area contributed by atoms with Crippen LogP contribution in [0.25, 0.3) is 6.20 Å². The van der Waals surface area contributed by atoms with Gasteiger partial charge in [0, 0.05) is 6.20 Å². The van der Waals surface area contributed by atoms with Gasteiger partial charge in [0.05, 0.1) is 21.8 Å². The van der Waals surface area contributed by atoms with E-state index in [1.807, 2.05) is 5.32 Å². The Morgan fingerprint density at radius 1 is 1.03 bits per heavy atom. The molecule has 1 heterocycles. The molecule has 0 radical (unpaired) electrons. The molecule has 4 nitrogen and oxygen atoms in total. The van der Waals surface area contributed by atoms with Crippen LogP contribution in [0.4, 0.5) is 51.1 Å². The van der Waals surface area contributed by atoms with Crippen LogP contribution in [0.1, 0.15) is 16.8 Å². The predicted octanol–water partition coefficient (Wildman–Crippen LogP) is 6.56. The Kier molecular flexibility index (Phi) is 6.25. The second kappa shape index (κ2) is 7.80. The van der Waals surface area contributed by atoms with Gasteiger partial charge in [-0.2, -0.15) is 39.5 Å². The second-order valence-electron chi connectivity index (χ2n) is 5.46. The highest BCUT2D eigenvalue weighted by atomic mass is 79.9. The first kappa shape index (κ1) is 24.1. The lowest BCUT2D eigenvalue weighted by Gasteiger charge is -2.19. The number of rotatable bonds is 3. The van der Waals surface area contributed by atoms with Gasteiger partial charge < -0.3 is 5.32 Å². The molecule has 15 heteroatoms. The molecule has 2 aromatic rings. The van der Waals surface area contributed by atoms with Gasteiger partial charge in [0.25, 0.3) is 5.56 Å². The van der Waals surface area contributed by atoms with Crippen molar-refractivity contribution >= 4 is 45.4 Å². The molecule has 1 aromatic carbocycles. The predicted molar refractivity (Wildman–Crippen MR) is 92.3 cm³/mol. The molecule has 0 aliphatic heterocycles. The van der Waals surface area contributed by atoms with Crippen molar-refractivity contribution in [2.75, 3.05) is 5.32 Å². The number of hydrogen-bond acceptors (Lipinski definition) is 3. The molecule has 0 bridgehead atoms. The maximum Gasteiger partial charge on any atom is 0.434 e. The first-order valence-corrected chi connectivity index (χ1v) is 8.42. The van der Waals surface area contributed by atoms with Gasteiger partial charge in [0.15, 0.2) is 5.69 Å². The summed E-state index contributed by atoms with van der Waals surface area (Å²) in [6.07, 6.45) is -15.1. The lowest BCUT2D eigenvalue weighted by Crippen LogP contribution is -2.26. The van der Waals surface area contributed by atoms with Crippen molar-refractivity contribution in [3.8, 4) is 0 Å². The smallest absolute Gasteiger partial charge is 0.324 e. The van der Waals surface area contributed by atoms with Crippen LogP contribution in [0, 0.1) is 0 Å². The number of alkyl halides is 9. The van der Waals surface area contributed by atoms with Gasteiger partial charge in [-0.15, -0.1) is 0 Å². The van der Waals surface area contributed by atoms with Crippen LogP contribution in [0.5, 0.6) is 0 Å². The quantitative estimate of drug-likeness (QED) is 0.458. The summed E-state index contributed by atoms with van der Waals surface area (Å²) in [7, 11) is 0. The number of halogens is 11. The third kappa shape index (κ3) is 4.74. The highest BCUT2D eigenvalue weighted by Crippen LogP contribution is 2.43. The van der Waals surface area contributed by atoms with Gasteiger partial charge in [0.1, 0.15) is 4.47 Å². The standard InChI is InChI=1S/C15H6BrClF9N3O/c1-2-29-11(30)8(16)10(15(24,25)26)28-12(29)27-7-4-5(13(18,19)20)3-6(9(7)17)14(21,22)23/h2-4H,1H2,(H,27,28). The van der Waals surface area contributed by atoms with E-state index in [0.29, 0.717) is 10.8 Å². The molecule has 0 aliphatic rings. The first-order valence-electron chi connectivity index (χ1n) is 7.25. The fourth-order valence-electron chi connectivity index (χ4n) is 2.16. The van der Waals surface area contributed by atoms with Crippen molar-refractivity contribution in [2.24, 2.45) is 0 Å². The van der Waals surface area contributed by atoms with Crippen molar-refractivity contribution in [1.82, 2.24) is 9.55 Å². The van der Waals surface area contributed by atoms with Crippen LogP contribution < -0.4 is 10.9 Å². The topological polar surface area (TPSA) is 46.9 Å². The molecule has 0 aliphatic carbocycles. The highest BCUT2D eigenvalue weighted by molar-refractivity contribution is 9.10.